The first-order valence-electron chi connectivity index (χ1n) is 15.3. The topological polar surface area (TPSA) is 47.9 Å². The number of hydrogen-bond acceptors (Lipinski definition) is 4. The average Bonchev–Trinajstić information content (AvgIpc) is 3.36. The third-order valence-electron chi connectivity index (χ3n) is 9.32. The third-order valence-corrected chi connectivity index (χ3v) is 9.32. The van der Waals surface area contributed by atoms with Crippen molar-refractivity contribution in [2.24, 2.45) is 0 Å². The second-order valence-electron chi connectivity index (χ2n) is 11.8. The summed E-state index contributed by atoms with van der Waals surface area (Å²) in [4.78, 5) is 0. The molecule has 2 aliphatic rings. The summed E-state index contributed by atoms with van der Waals surface area (Å²) in [6.07, 6.45) is 8.21. The average molecular weight is 593 g/mol. The normalized spacial score (nSPS) is 19.9. The lowest BCUT2D eigenvalue weighted by Crippen LogP contribution is -2.36. The molecule has 0 amide bonds. The Balaban J connectivity index is 1.63. The van der Waals surface area contributed by atoms with Crippen molar-refractivity contribution >= 4 is 16.8 Å². The maximum atomic E-state index is 10.5. The van der Waals surface area contributed by atoms with Crippen LogP contribution in [0.4, 0.5) is 0 Å². The second-order valence-corrected chi connectivity index (χ2v) is 11.8. The Labute approximate surface area is 264 Å². The number of aryl methyl sites for hydroxylation is 2. The van der Waals surface area contributed by atoms with Crippen LogP contribution in [0.3, 0.4) is 0 Å². The molecule has 5 aromatic rings. The highest BCUT2D eigenvalue weighted by Crippen LogP contribution is 2.61. The van der Waals surface area contributed by atoms with E-state index in [0.29, 0.717) is 0 Å². The number of aliphatic hydroxyl groups is 1. The van der Waals surface area contributed by atoms with Gasteiger partial charge in [-0.3, -0.25) is 0 Å². The molecule has 4 heteroatoms. The van der Waals surface area contributed by atoms with Gasteiger partial charge in [-0.25, -0.2) is 0 Å². The van der Waals surface area contributed by atoms with Crippen molar-refractivity contribution in [3.05, 3.63) is 160 Å². The van der Waals surface area contributed by atoms with Crippen LogP contribution in [0.25, 0.3) is 28.0 Å². The Morgan fingerprint density at radius 3 is 2.31 bits per heavy atom. The molecule has 45 heavy (non-hydrogen) atoms. The molecule has 0 saturated carbocycles. The highest BCUT2D eigenvalue weighted by Gasteiger charge is 2.50. The van der Waals surface area contributed by atoms with E-state index in [1.165, 1.54) is 0 Å². The Morgan fingerprint density at radius 1 is 0.889 bits per heavy atom. The van der Waals surface area contributed by atoms with Gasteiger partial charge in [-0.15, -0.1) is 0 Å². The minimum absolute atomic E-state index is 0.456. The van der Waals surface area contributed by atoms with E-state index in [1.54, 1.807) is 7.11 Å². The van der Waals surface area contributed by atoms with Gasteiger partial charge in [-0.2, -0.15) is 0 Å². The standard InChI is InChI=1S/C41H36O4/c1-6-28(7-2)40(29-15-17-31(43-5)18-16-29)22-21-34-38-37(32-19-13-26(3)23-35(32)39(34)45-40)33-20-14-27(4)24-36(33)41(38,44-25-42)30-11-9-8-10-12-30/h6-24,42H,1,25H2,2-5H3/b28-7+. The van der Waals surface area contributed by atoms with E-state index in [1.807, 2.05) is 55.5 Å². The summed E-state index contributed by atoms with van der Waals surface area (Å²) in [5.41, 5.74) is 8.17. The number of allylic oxidation sites excluding steroid dienone is 1. The van der Waals surface area contributed by atoms with Crippen LogP contribution in [0.1, 0.15) is 45.9 Å². The van der Waals surface area contributed by atoms with E-state index in [-0.39, 0.29) is 0 Å². The van der Waals surface area contributed by atoms with E-state index < -0.39 is 18.0 Å². The lowest BCUT2D eigenvalue weighted by Gasteiger charge is -2.40. The molecular formula is C41H36O4. The van der Waals surface area contributed by atoms with Gasteiger partial charge in [0.05, 0.1) is 7.11 Å². The summed E-state index contributed by atoms with van der Waals surface area (Å²) in [5.74, 6) is 1.54. The fourth-order valence-electron chi connectivity index (χ4n) is 7.31. The van der Waals surface area contributed by atoms with Crippen molar-refractivity contribution < 1.29 is 19.3 Å². The van der Waals surface area contributed by atoms with Gasteiger partial charge in [-0.05, 0) is 72.7 Å². The molecule has 4 nitrogen and oxygen atoms in total. The van der Waals surface area contributed by atoms with Crippen LogP contribution in [0, 0.1) is 13.8 Å². The van der Waals surface area contributed by atoms with Crippen LogP contribution in [0.2, 0.25) is 0 Å². The minimum atomic E-state index is -1.06. The van der Waals surface area contributed by atoms with Crippen molar-refractivity contribution in [1.82, 2.24) is 0 Å². The number of methoxy groups -OCH3 is 1. The Morgan fingerprint density at radius 2 is 1.62 bits per heavy atom. The summed E-state index contributed by atoms with van der Waals surface area (Å²) in [6.45, 7) is 9.92. The molecule has 2 unspecified atom stereocenters. The van der Waals surface area contributed by atoms with Crippen molar-refractivity contribution in [3.63, 3.8) is 0 Å². The van der Waals surface area contributed by atoms with Gasteiger partial charge in [0.2, 0.25) is 0 Å². The molecule has 5 aromatic carbocycles. The lowest BCUT2D eigenvalue weighted by atomic mass is 9.77. The SMILES string of the molecule is C=C/C(=C\C)C1(c2ccc(OC)cc2)C=Cc2c3c(c4ccc(C)cc4c2O1)-c1ccc(C)cc1C3(OCO)c1ccccc1. The smallest absolute Gasteiger partial charge is 0.177 e. The predicted molar refractivity (Wildman–Crippen MR) is 182 cm³/mol. The molecule has 0 spiro atoms. The Hall–Kier alpha value is -4.90. The van der Waals surface area contributed by atoms with Gasteiger partial charge in [0.15, 0.2) is 5.60 Å². The van der Waals surface area contributed by atoms with Crippen molar-refractivity contribution in [2.45, 2.75) is 32.0 Å². The molecule has 0 saturated heterocycles. The zero-order chi connectivity index (χ0) is 31.3. The van der Waals surface area contributed by atoms with E-state index in [0.717, 1.165) is 77.9 Å². The molecule has 7 rings (SSSR count). The summed E-state index contributed by atoms with van der Waals surface area (Å²) in [5, 5.41) is 12.6. The zero-order valence-corrected chi connectivity index (χ0v) is 26.1. The number of hydrogen-bond donors (Lipinski definition) is 1. The summed E-state index contributed by atoms with van der Waals surface area (Å²) in [6, 6.07) is 31.3. The first kappa shape index (κ1) is 28.8. The predicted octanol–water partition coefficient (Wildman–Crippen LogP) is 9.14. The Bertz CT molecular complexity index is 2020. The molecule has 0 aromatic heterocycles. The fraction of sp³-hybridized carbons (Fsp3) is 0.171. The highest BCUT2D eigenvalue weighted by molar-refractivity contribution is 6.09. The summed E-state index contributed by atoms with van der Waals surface area (Å²) < 4.78 is 19.4. The quantitative estimate of drug-likeness (QED) is 0.151. The van der Waals surface area contributed by atoms with Crippen LogP contribution in [0.5, 0.6) is 11.5 Å². The van der Waals surface area contributed by atoms with Gasteiger partial charge in [0, 0.05) is 27.6 Å². The highest BCUT2D eigenvalue weighted by atomic mass is 16.6. The second kappa shape index (κ2) is 10.9. The largest absolute Gasteiger partial charge is 0.497 e. The molecule has 1 aliphatic carbocycles. The van der Waals surface area contributed by atoms with Crippen molar-refractivity contribution in [1.29, 1.82) is 0 Å². The Kier molecular flexibility index (Phi) is 7.00. The number of fused-ring (bicyclic) bond motifs is 8. The molecule has 0 fully saturated rings. The fourth-order valence-corrected chi connectivity index (χ4v) is 7.31. The van der Waals surface area contributed by atoms with Crippen molar-refractivity contribution in [2.75, 3.05) is 13.9 Å². The molecule has 0 radical (unpaired) electrons. The third kappa shape index (κ3) is 4.13. The van der Waals surface area contributed by atoms with Gasteiger partial charge >= 0.3 is 0 Å². The molecule has 1 N–H and O–H groups in total. The summed E-state index contributed by atoms with van der Waals surface area (Å²) >= 11 is 0. The number of rotatable bonds is 7. The van der Waals surface area contributed by atoms with Gasteiger partial charge in [0.25, 0.3) is 0 Å². The van der Waals surface area contributed by atoms with E-state index in [2.05, 4.69) is 87.2 Å². The number of aliphatic hydroxyl groups excluding tert-OH is 1. The van der Waals surface area contributed by atoms with Gasteiger partial charge < -0.3 is 19.3 Å². The zero-order valence-electron chi connectivity index (χ0n) is 26.1. The molecule has 224 valence electrons. The van der Waals surface area contributed by atoms with Crippen LogP contribution < -0.4 is 9.47 Å². The maximum Gasteiger partial charge on any atom is 0.177 e. The van der Waals surface area contributed by atoms with E-state index >= 15 is 0 Å². The lowest BCUT2D eigenvalue weighted by molar-refractivity contribution is -0.0766. The van der Waals surface area contributed by atoms with Crippen molar-refractivity contribution in [3.8, 4) is 22.6 Å². The molecule has 2 atom stereocenters. The van der Waals surface area contributed by atoms with Gasteiger partial charge in [-0.1, -0.05) is 109 Å². The molecular weight excluding hydrogens is 556 g/mol. The summed E-state index contributed by atoms with van der Waals surface area (Å²) in [7, 11) is 1.67. The van der Waals surface area contributed by atoms with Crippen LogP contribution in [-0.2, 0) is 15.9 Å². The first-order valence-corrected chi connectivity index (χ1v) is 15.3. The number of ether oxygens (including phenoxy) is 3. The molecule has 1 aliphatic heterocycles. The van der Waals surface area contributed by atoms with Crippen LogP contribution in [0.15, 0.2) is 121 Å². The van der Waals surface area contributed by atoms with Gasteiger partial charge in [0.1, 0.15) is 23.9 Å². The maximum absolute atomic E-state index is 10.5. The van der Waals surface area contributed by atoms with E-state index in [9.17, 15) is 5.11 Å². The monoisotopic (exact) mass is 592 g/mol. The number of benzene rings is 5. The molecule has 0 bridgehead atoms. The first-order chi connectivity index (χ1) is 21.9. The van der Waals surface area contributed by atoms with Crippen LogP contribution in [-0.4, -0.2) is 19.0 Å². The molecule has 1 heterocycles. The minimum Gasteiger partial charge on any atom is -0.497 e. The van der Waals surface area contributed by atoms with E-state index in [4.69, 9.17) is 14.2 Å². The van der Waals surface area contributed by atoms with Crippen LogP contribution >= 0.6 is 0 Å².